The summed E-state index contributed by atoms with van der Waals surface area (Å²) >= 11 is 0. The third kappa shape index (κ3) is 1.97. The fourth-order valence-corrected chi connectivity index (χ4v) is 3.21. The van der Waals surface area contributed by atoms with Crippen LogP contribution < -0.4 is 4.43 Å². The van der Waals surface area contributed by atoms with Crippen molar-refractivity contribution in [2.45, 2.75) is 19.6 Å². The molecule has 3 rings (SSSR count). The molecule has 0 aromatic heterocycles. The van der Waals surface area contributed by atoms with E-state index in [4.69, 9.17) is 4.43 Å². The Kier molecular flexibility index (Phi) is 2.56. The molecule has 1 aliphatic carbocycles. The number of hydrogen-bond donors (Lipinski definition) is 0. The summed E-state index contributed by atoms with van der Waals surface area (Å²) in [4.78, 5) is 0. The average molecular weight is 253 g/mol. The van der Waals surface area contributed by atoms with E-state index in [1.54, 1.807) is 0 Å². The van der Waals surface area contributed by atoms with E-state index < -0.39 is 8.32 Å². The van der Waals surface area contributed by atoms with Crippen LogP contribution in [0.2, 0.25) is 19.6 Å². The Bertz CT molecular complexity index is 596. The van der Waals surface area contributed by atoms with Gasteiger partial charge in [-0.2, -0.15) is 0 Å². The zero-order valence-electron chi connectivity index (χ0n) is 11.0. The van der Waals surface area contributed by atoms with Crippen LogP contribution >= 0.6 is 0 Å². The van der Waals surface area contributed by atoms with Crippen LogP contribution in [-0.2, 0) is 0 Å². The summed E-state index contributed by atoms with van der Waals surface area (Å²) in [5.74, 6) is 1.03. The highest BCUT2D eigenvalue weighted by Crippen LogP contribution is 2.42. The van der Waals surface area contributed by atoms with Crippen LogP contribution in [-0.4, -0.2) is 8.32 Å². The van der Waals surface area contributed by atoms with Crippen LogP contribution in [0.1, 0.15) is 11.1 Å². The van der Waals surface area contributed by atoms with Gasteiger partial charge in [0.25, 0.3) is 0 Å². The van der Waals surface area contributed by atoms with Gasteiger partial charge in [0.05, 0.1) is 0 Å². The van der Waals surface area contributed by atoms with Crippen LogP contribution in [0.5, 0.6) is 5.75 Å². The molecule has 2 heteroatoms. The van der Waals surface area contributed by atoms with Crippen molar-refractivity contribution in [2.24, 2.45) is 0 Å². The molecule has 1 aliphatic rings. The molecule has 18 heavy (non-hydrogen) atoms. The van der Waals surface area contributed by atoms with Gasteiger partial charge in [-0.15, -0.1) is 0 Å². The Hall–Kier alpha value is -1.54. The number of hydrogen-bond acceptors (Lipinski definition) is 1. The Labute approximate surface area is 110 Å². The lowest BCUT2D eigenvalue weighted by Crippen LogP contribution is -2.29. The Balaban J connectivity index is 2.09. The molecule has 0 fully saturated rings. The normalized spacial score (nSPS) is 13.1. The van der Waals surface area contributed by atoms with Crippen LogP contribution in [0, 0.1) is 6.42 Å². The van der Waals surface area contributed by atoms with Gasteiger partial charge in [-0.1, -0.05) is 36.4 Å². The van der Waals surface area contributed by atoms with Crippen LogP contribution in [0.25, 0.3) is 11.1 Å². The van der Waals surface area contributed by atoms with E-state index in [0.29, 0.717) is 0 Å². The van der Waals surface area contributed by atoms with Crippen molar-refractivity contribution in [2.75, 3.05) is 0 Å². The minimum absolute atomic E-state index is 1.03. The van der Waals surface area contributed by atoms with Crippen molar-refractivity contribution in [3.05, 3.63) is 60.0 Å². The number of fused-ring (bicyclic) bond motifs is 3. The molecule has 1 radical (unpaired) electrons. The van der Waals surface area contributed by atoms with E-state index >= 15 is 0 Å². The van der Waals surface area contributed by atoms with Gasteiger partial charge in [-0.25, -0.2) is 0 Å². The monoisotopic (exact) mass is 253 g/mol. The van der Waals surface area contributed by atoms with Gasteiger partial charge < -0.3 is 4.43 Å². The first-order valence-corrected chi connectivity index (χ1v) is 9.72. The predicted octanol–water partition coefficient (Wildman–Crippen LogP) is 4.48. The van der Waals surface area contributed by atoms with Gasteiger partial charge in [0.1, 0.15) is 5.75 Å². The molecule has 91 valence electrons. The Morgan fingerprint density at radius 2 is 1.56 bits per heavy atom. The van der Waals surface area contributed by atoms with Crippen molar-refractivity contribution in [1.82, 2.24) is 0 Å². The second-order valence-electron chi connectivity index (χ2n) is 5.66. The van der Waals surface area contributed by atoms with E-state index in [1.165, 1.54) is 22.3 Å². The van der Waals surface area contributed by atoms with E-state index in [9.17, 15) is 0 Å². The van der Waals surface area contributed by atoms with Crippen molar-refractivity contribution >= 4 is 8.32 Å². The minimum atomic E-state index is -1.56. The summed E-state index contributed by atoms with van der Waals surface area (Å²) in [6.07, 6.45) is 2.24. The average Bonchev–Trinajstić information content (AvgIpc) is 2.67. The quantitative estimate of drug-likeness (QED) is 0.612. The predicted molar refractivity (Wildman–Crippen MR) is 78.4 cm³/mol. The SMILES string of the molecule is C[Si](C)(C)Oc1cccc2c1[CH]c1ccccc1-2. The minimum Gasteiger partial charge on any atom is -0.544 e. The van der Waals surface area contributed by atoms with Crippen LogP contribution in [0.3, 0.4) is 0 Å². The van der Waals surface area contributed by atoms with Gasteiger partial charge in [0, 0.05) is 12.0 Å². The Morgan fingerprint density at radius 1 is 0.833 bits per heavy atom. The molecule has 1 nitrogen and oxygen atoms in total. The molecule has 0 saturated heterocycles. The highest BCUT2D eigenvalue weighted by Gasteiger charge is 2.24. The third-order valence-electron chi connectivity index (χ3n) is 3.03. The van der Waals surface area contributed by atoms with Crippen LogP contribution in [0.4, 0.5) is 0 Å². The second kappa shape index (κ2) is 3.99. The summed E-state index contributed by atoms with van der Waals surface area (Å²) in [7, 11) is -1.56. The maximum absolute atomic E-state index is 6.18. The molecule has 2 aromatic rings. The molecule has 0 unspecified atom stereocenters. The molecule has 0 N–H and O–H groups in total. The largest absolute Gasteiger partial charge is 0.544 e. The summed E-state index contributed by atoms with van der Waals surface area (Å²) in [6, 6.07) is 14.9. The molecule has 0 saturated carbocycles. The molecule has 0 heterocycles. The molecule has 2 aromatic carbocycles. The van der Waals surface area contributed by atoms with Gasteiger partial charge in [-0.3, -0.25) is 0 Å². The lowest BCUT2D eigenvalue weighted by Gasteiger charge is -2.21. The van der Waals surface area contributed by atoms with E-state index in [0.717, 1.165) is 5.75 Å². The molecule has 0 aliphatic heterocycles. The van der Waals surface area contributed by atoms with Crippen molar-refractivity contribution in [3.63, 3.8) is 0 Å². The zero-order chi connectivity index (χ0) is 12.8. The van der Waals surface area contributed by atoms with E-state index in [2.05, 4.69) is 68.5 Å². The van der Waals surface area contributed by atoms with E-state index in [1.807, 2.05) is 0 Å². The maximum atomic E-state index is 6.18. The molecule has 0 bridgehead atoms. The first kappa shape index (κ1) is 11.5. The Morgan fingerprint density at radius 3 is 2.33 bits per heavy atom. The highest BCUT2D eigenvalue weighted by molar-refractivity contribution is 6.70. The van der Waals surface area contributed by atoms with Gasteiger partial charge in [0.2, 0.25) is 8.32 Å². The smallest absolute Gasteiger partial charge is 0.242 e. The van der Waals surface area contributed by atoms with Crippen molar-refractivity contribution in [3.8, 4) is 16.9 Å². The summed E-state index contributed by atoms with van der Waals surface area (Å²) in [6.45, 7) is 6.65. The summed E-state index contributed by atoms with van der Waals surface area (Å²) < 4.78 is 6.18. The van der Waals surface area contributed by atoms with Crippen molar-refractivity contribution in [1.29, 1.82) is 0 Å². The fraction of sp³-hybridized carbons (Fsp3) is 0.188. The molecule has 0 spiro atoms. The van der Waals surface area contributed by atoms with Gasteiger partial charge >= 0.3 is 0 Å². The summed E-state index contributed by atoms with van der Waals surface area (Å²) in [5.41, 5.74) is 5.13. The molecule has 0 amide bonds. The standard InChI is InChI=1S/C16H17OSi/c1-18(2,3)17-16-10-6-9-14-13-8-5-4-7-12(13)11-15(14)16/h4-11H,1-3H3. The third-order valence-corrected chi connectivity index (χ3v) is 3.87. The lowest BCUT2D eigenvalue weighted by molar-refractivity contribution is 0.555. The molecule has 0 atom stereocenters. The van der Waals surface area contributed by atoms with Gasteiger partial charge in [-0.05, 0) is 42.4 Å². The lowest BCUT2D eigenvalue weighted by atomic mass is 10.1. The zero-order valence-corrected chi connectivity index (χ0v) is 12.0. The van der Waals surface area contributed by atoms with Crippen molar-refractivity contribution < 1.29 is 4.43 Å². The second-order valence-corrected chi connectivity index (χ2v) is 10.1. The highest BCUT2D eigenvalue weighted by atomic mass is 28.4. The van der Waals surface area contributed by atoms with Gasteiger partial charge in [0.15, 0.2) is 0 Å². The molecular weight excluding hydrogens is 236 g/mol. The maximum Gasteiger partial charge on any atom is 0.242 e. The first-order chi connectivity index (χ1) is 8.54. The fourth-order valence-electron chi connectivity index (χ4n) is 2.37. The number of rotatable bonds is 2. The van der Waals surface area contributed by atoms with E-state index in [-0.39, 0.29) is 0 Å². The topological polar surface area (TPSA) is 9.23 Å². The summed E-state index contributed by atoms with van der Waals surface area (Å²) in [5, 5.41) is 0. The molecular formula is C16H17OSi. The number of benzene rings is 2. The first-order valence-electron chi connectivity index (χ1n) is 6.31. The van der Waals surface area contributed by atoms with Crippen LogP contribution in [0.15, 0.2) is 42.5 Å².